The third kappa shape index (κ3) is 7.69. The summed E-state index contributed by atoms with van der Waals surface area (Å²) in [6, 6.07) is 16.3. The number of carbonyl (C=O) groups excluding carboxylic acids is 2. The van der Waals surface area contributed by atoms with Crippen molar-refractivity contribution < 1.29 is 22.4 Å². The second kappa shape index (κ2) is 12.2. The summed E-state index contributed by atoms with van der Waals surface area (Å²) in [7, 11) is -4.15. The third-order valence-corrected chi connectivity index (χ3v) is 8.39. The standard InChI is InChI=1S/C31H38FN3O4S/c1-21-8-16-28(17-9-21)40(38,39)35(27-15-10-22(2)23(3)18-27)20-29(36)34(19-25-11-13-26(32)14-12-25)24(4)30(37)33-31(5,6)7/h8-18,24H,19-20H2,1-7H3,(H,33,37)/t24-/m0/s1. The van der Waals surface area contributed by atoms with Gasteiger partial charge in [0, 0.05) is 12.1 Å². The first kappa shape index (κ1) is 30.8. The minimum absolute atomic E-state index is 0.0107. The molecular formula is C31H38FN3O4S. The van der Waals surface area contributed by atoms with Crippen LogP contribution in [0.2, 0.25) is 0 Å². The highest BCUT2D eigenvalue weighted by molar-refractivity contribution is 7.92. The Morgan fingerprint density at radius 1 is 0.900 bits per heavy atom. The van der Waals surface area contributed by atoms with Gasteiger partial charge in [-0.15, -0.1) is 0 Å². The number of nitrogens with one attached hydrogen (secondary N) is 1. The lowest BCUT2D eigenvalue weighted by atomic mass is 10.1. The van der Waals surface area contributed by atoms with Crippen LogP contribution < -0.4 is 9.62 Å². The number of aryl methyl sites for hydroxylation is 3. The number of anilines is 1. The predicted octanol–water partition coefficient (Wildman–Crippen LogP) is 5.28. The van der Waals surface area contributed by atoms with Gasteiger partial charge in [-0.05, 0) is 102 Å². The number of benzene rings is 3. The molecule has 40 heavy (non-hydrogen) atoms. The number of sulfonamides is 1. The van der Waals surface area contributed by atoms with Crippen molar-refractivity contribution in [3.05, 3.63) is 94.8 Å². The zero-order valence-electron chi connectivity index (χ0n) is 24.2. The molecule has 9 heteroatoms. The molecule has 3 aromatic rings. The van der Waals surface area contributed by atoms with Crippen LogP contribution in [0.3, 0.4) is 0 Å². The van der Waals surface area contributed by atoms with Gasteiger partial charge in [0.1, 0.15) is 18.4 Å². The Bertz CT molecular complexity index is 1460. The Morgan fingerprint density at radius 2 is 1.50 bits per heavy atom. The fourth-order valence-corrected chi connectivity index (χ4v) is 5.50. The van der Waals surface area contributed by atoms with Crippen LogP contribution >= 0.6 is 0 Å². The molecule has 0 spiro atoms. The summed E-state index contributed by atoms with van der Waals surface area (Å²) < 4.78 is 42.5. The Labute approximate surface area is 237 Å². The average molecular weight is 568 g/mol. The lowest BCUT2D eigenvalue weighted by Gasteiger charge is -2.33. The minimum Gasteiger partial charge on any atom is -0.350 e. The number of halogens is 1. The van der Waals surface area contributed by atoms with Gasteiger partial charge < -0.3 is 10.2 Å². The monoisotopic (exact) mass is 567 g/mol. The van der Waals surface area contributed by atoms with Gasteiger partial charge in [-0.2, -0.15) is 0 Å². The van der Waals surface area contributed by atoms with E-state index in [9.17, 15) is 22.4 Å². The molecule has 0 saturated carbocycles. The molecule has 1 atom stereocenters. The smallest absolute Gasteiger partial charge is 0.264 e. The molecule has 0 heterocycles. The topological polar surface area (TPSA) is 86.8 Å². The van der Waals surface area contributed by atoms with Crippen LogP contribution in [0.1, 0.15) is 49.9 Å². The molecular weight excluding hydrogens is 529 g/mol. The van der Waals surface area contributed by atoms with E-state index >= 15 is 0 Å². The van der Waals surface area contributed by atoms with Gasteiger partial charge in [0.15, 0.2) is 0 Å². The number of hydrogen-bond acceptors (Lipinski definition) is 4. The van der Waals surface area contributed by atoms with Crippen LogP contribution in [0, 0.1) is 26.6 Å². The molecule has 0 aliphatic carbocycles. The Hall–Kier alpha value is -3.72. The average Bonchev–Trinajstić information content (AvgIpc) is 2.87. The normalized spacial score (nSPS) is 12.5. The van der Waals surface area contributed by atoms with E-state index in [1.165, 1.54) is 41.3 Å². The molecule has 0 bridgehead atoms. The molecule has 3 aromatic carbocycles. The van der Waals surface area contributed by atoms with Gasteiger partial charge in [-0.3, -0.25) is 13.9 Å². The molecule has 7 nitrogen and oxygen atoms in total. The molecule has 0 unspecified atom stereocenters. The zero-order chi connectivity index (χ0) is 29.8. The highest BCUT2D eigenvalue weighted by Gasteiger charge is 2.33. The summed E-state index contributed by atoms with van der Waals surface area (Å²) in [4.78, 5) is 28.5. The van der Waals surface area contributed by atoms with Crippen molar-refractivity contribution in [3.8, 4) is 0 Å². The summed E-state index contributed by atoms with van der Waals surface area (Å²) in [5.74, 6) is -1.39. The van der Waals surface area contributed by atoms with Crippen LogP contribution in [0.4, 0.5) is 10.1 Å². The fourth-order valence-electron chi connectivity index (χ4n) is 4.09. The molecule has 0 aromatic heterocycles. The van der Waals surface area contributed by atoms with E-state index in [4.69, 9.17) is 0 Å². The van der Waals surface area contributed by atoms with Crippen molar-refractivity contribution in [1.29, 1.82) is 0 Å². The summed E-state index contributed by atoms with van der Waals surface area (Å²) in [5.41, 5.74) is 3.14. The lowest BCUT2D eigenvalue weighted by molar-refractivity contribution is -0.140. The Balaban J connectivity index is 2.06. The van der Waals surface area contributed by atoms with Crippen LogP contribution in [0.25, 0.3) is 0 Å². The minimum atomic E-state index is -4.15. The lowest BCUT2D eigenvalue weighted by Crippen LogP contribution is -2.54. The van der Waals surface area contributed by atoms with Crippen LogP contribution in [0.5, 0.6) is 0 Å². The van der Waals surface area contributed by atoms with Crippen LogP contribution in [0.15, 0.2) is 71.6 Å². The Morgan fingerprint density at radius 3 is 2.05 bits per heavy atom. The van der Waals surface area contributed by atoms with Gasteiger partial charge in [-0.25, -0.2) is 12.8 Å². The largest absolute Gasteiger partial charge is 0.350 e. The number of hydrogen-bond donors (Lipinski definition) is 1. The first-order valence-corrected chi connectivity index (χ1v) is 14.5. The molecule has 214 valence electrons. The van der Waals surface area contributed by atoms with Gasteiger partial charge >= 0.3 is 0 Å². The number of amides is 2. The molecule has 1 N–H and O–H groups in total. The summed E-state index contributed by atoms with van der Waals surface area (Å²) in [6.45, 7) is 12.2. The van der Waals surface area contributed by atoms with Crippen LogP contribution in [-0.2, 0) is 26.2 Å². The molecule has 2 amide bonds. The second-order valence-electron chi connectivity index (χ2n) is 11.2. The maximum absolute atomic E-state index is 14.0. The van der Waals surface area contributed by atoms with Crippen molar-refractivity contribution >= 4 is 27.5 Å². The Kier molecular flexibility index (Phi) is 9.40. The number of rotatable bonds is 9. The molecule has 0 aliphatic heterocycles. The molecule has 0 fully saturated rings. The molecule has 0 saturated heterocycles. The maximum Gasteiger partial charge on any atom is 0.264 e. The maximum atomic E-state index is 14.0. The number of nitrogens with zero attached hydrogens (tertiary/aromatic N) is 2. The summed E-state index contributed by atoms with van der Waals surface area (Å²) in [5, 5.41) is 2.88. The van der Waals surface area contributed by atoms with Crippen LogP contribution in [-0.4, -0.2) is 43.3 Å². The predicted molar refractivity (Wildman–Crippen MR) is 156 cm³/mol. The van der Waals surface area contributed by atoms with Gasteiger partial charge in [0.2, 0.25) is 11.8 Å². The van der Waals surface area contributed by atoms with Crippen molar-refractivity contribution in [1.82, 2.24) is 10.2 Å². The summed E-state index contributed by atoms with van der Waals surface area (Å²) >= 11 is 0. The third-order valence-electron chi connectivity index (χ3n) is 6.60. The highest BCUT2D eigenvalue weighted by atomic mass is 32.2. The van der Waals surface area contributed by atoms with Crippen molar-refractivity contribution in [2.75, 3.05) is 10.8 Å². The highest BCUT2D eigenvalue weighted by Crippen LogP contribution is 2.27. The van der Waals surface area contributed by atoms with E-state index in [0.717, 1.165) is 21.0 Å². The van der Waals surface area contributed by atoms with Crippen molar-refractivity contribution in [2.24, 2.45) is 0 Å². The van der Waals surface area contributed by atoms with Gasteiger partial charge in [0.25, 0.3) is 10.0 Å². The first-order chi connectivity index (χ1) is 18.6. The van der Waals surface area contributed by atoms with E-state index in [2.05, 4.69) is 5.32 Å². The molecule has 0 radical (unpaired) electrons. The van der Waals surface area contributed by atoms with E-state index in [-0.39, 0.29) is 17.3 Å². The second-order valence-corrected chi connectivity index (χ2v) is 13.0. The van der Waals surface area contributed by atoms with Gasteiger partial charge in [0.05, 0.1) is 10.6 Å². The van der Waals surface area contributed by atoms with Gasteiger partial charge in [-0.1, -0.05) is 35.9 Å². The summed E-state index contributed by atoms with van der Waals surface area (Å²) in [6.07, 6.45) is 0. The first-order valence-electron chi connectivity index (χ1n) is 13.1. The molecule has 0 aliphatic rings. The van der Waals surface area contributed by atoms with E-state index in [1.807, 2.05) is 47.6 Å². The van der Waals surface area contributed by atoms with E-state index in [0.29, 0.717) is 11.3 Å². The van der Waals surface area contributed by atoms with E-state index < -0.39 is 39.9 Å². The zero-order valence-corrected chi connectivity index (χ0v) is 25.0. The SMILES string of the molecule is Cc1ccc(S(=O)(=O)N(CC(=O)N(Cc2ccc(F)cc2)[C@@H](C)C(=O)NC(C)(C)C)c2ccc(C)c(C)c2)cc1. The van der Waals surface area contributed by atoms with Crippen molar-refractivity contribution in [2.45, 2.75) is 71.5 Å². The van der Waals surface area contributed by atoms with Crippen molar-refractivity contribution in [3.63, 3.8) is 0 Å². The quantitative estimate of drug-likeness (QED) is 0.381. The fraction of sp³-hybridized carbons (Fsp3) is 0.355. The molecule has 3 rings (SSSR count). The number of carbonyl (C=O) groups is 2. The van der Waals surface area contributed by atoms with E-state index in [1.54, 1.807) is 31.2 Å².